The third-order valence-electron chi connectivity index (χ3n) is 2.84. The third kappa shape index (κ3) is 2.17. The van der Waals surface area contributed by atoms with Crippen LogP contribution in [-0.2, 0) is 4.74 Å². The van der Waals surface area contributed by atoms with Crippen LogP contribution in [0.2, 0.25) is 0 Å². The van der Waals surface area contributed by atoms with E-state index in [0.29, 0.717) is 5.56 Å². The fourth-order valence-electron chi connectivity index (χ4n) is 1.85. The van der Waals surface area contributed by atoms with E-state index in [-0.39, 0.29) is 13.0 Å². The van der Waals surface area contributed by atoms with Crippen molar-refractivity contribution in [1.29, 1.82) is 0 Å². The van der Waals surface area contributed by atoms with Gasteiger partial charge >= 0.3 is 5.69 Å². The van der Waals surface area contributed by atoms with E-state index < -0.39 is 29.7 Å². The molecule has 0 radical (unpaired) electrons. The molecule has 1 aliphatic rings. The number of nitrogens with zero attached hydrogens (tertiary/aromatic N) is 1. The molecule has 2 rings (SSSR count). The van der Waals surface area contributed by atoms with E-state index in [1.165, 1.54) is 10.8 Å². The molecule has 1 aliphatic heterocycles. The Morgan fingerprint density at radius 2 is 2.29 bits per heavy atom. The minimum Gasteiger partial charge on any atom is -0.394 e. The number of H-pyrrole nitrogens is 1. The lowest BCUT2D eigenvalue weighted by Crippen LogP contribution is -2.33. The zero-order chi connectivity index (χ0) is 12.6. The molecule has 7 nitrogen and oxygen atoms in total. The number of aliphatic hydroxyl groups excluding tert-OH is 2. The van der Waals surface area contributed by atoms with E-state index in [1.807, 2.05) is 0 Å². The van der Waals surface area contributed by atoms with Crippen LogP contribution in [0.25, 0.3) is 0 Å². The fraction of sp³-hybridized carbons (Fsp3) is 0.600. The number of aryl methyl sites for hydroxylation is 1. The smallest absolute Gasteiger partial charge is 0.330 e. The summed E-state index contributed by atoms with van der Waals surface area (Å²) >= 11 is 0. The Kier molecular flexibility index (Phi) is 3.14. The monoisotopic (exact) mass is 241 g/mol. The van der Waals surface area contributed by atoms with E-state index in [9.17, 15) is 14.7 Å². The van der Waals surface area contributed by atoms with Crippen molar-refractivity contribution in [3.63, 3.8) is 0 Å². The van der Waals surface area contributed by atoms with Crippen LogP contribution in [-0.4, -0.2) is 38.6 Å². The van der Waals surface area contributed by atoms with Crippen LogP contribution < -0.4 is 11.2 Å². The van der Waals surface area contributed by atoms with Crippen molar-refractivity contribution in [1.82, 2.24) is 9.55 Å². The van der Waals surface area contributed by atoms with Crippen LogP contribution in [0.5, 0.6) is 0 Å². The predicted octanol–water partition coefficient (Wildman–Crippen LogP) is -1.51. The van der Waals surface area contributed by atoms with E-state index in [0.717, 1.165) is 0 Å². The van der Waals surface area contributed by atoms with Crippen LogP contribution in [0.4, 0.5) is 0 Å². The van der Waals surface area contributed by atoms with Gasteiger partial charge in [0.25, 0.3) is 5.56 Å². The summed E-state index contributed by atoms with van der Waals surface area (Å²) in [6.07, 6.45) is -0.581. The molecule has 1 fully saturated rings. The lowest BCUT2D eigenvalue weighted by Gasteiger charge is -2.14. The normalized spacial score (nSPS) is 28.5. The molecule has 0 amide bonds. The number of ether oxygens (including phenoxy) is 1. The minimum atomic E-state index is -0.816. The van der Waals surface area contributed by atoms with Gasteiger partial charge in [-0.3, -0.25) is 14.3 Å². The maximum atomic E-state index is 11.6. The molecular formula is C10H14N2O5. The summed E-state index contributed by atoms with van der Waals surface area (Å²) in [4.78, 5) is 24.9. The summed E-state index contributed by atoms with van der Waals surface area (Å²) in [6.45, 7) is 1.26. The van der Waals surface area contributed by atoms with Gasteiger partial charge in [0.05, 0.1) is 12.7 Å². The number of aliphatic hydroxyl groups is 2. The third-order valence-corrected chi connectivity index (χ3v) is 2.84. The molecule has 1 saturated heterocycles. The minimum absolute atomic E-state index is 0.205. The van der Waals surface area contributed by atoms with Crippen LogP contribution in [0, 0.1) is 6.92 Å². The molecule has 0 saturated carbocycles. The predicted molar refractivity (Wildman–Crippen MR) is 57.7 cm³/mol. The number of hydrogen-bond acceptors (Lipinski definition) is 5. The molecule has 0 unspecified atom stereocenters. The summed E-state index contributed by atoms with van der Waals surface area (Å²) in [7, 11) is 0. The van der Waals surface area contributed by atoms with Gasteiger partial charge in [0, 0.05) is 18.2 Å². The summed E-state index contributed by atoms with van der Waals surface area (Å²) in [5.41, 5.74) is -0.643. The molecule has 0 spiro atoms. The second-order valence-electron chi connectivity index (χ2n) is 4.09. The van der Waals surface area contributed by atoms with E-state index >= 15 is 0 Å². The highest BCUT2D eigenvalue weighted by Crippen LogP contribution is 2.27. The Morgan fingerprint density at radius 3 is 2.88 bits per heavy atom. The number of hydrogen-bond donors (Lipinski definition) is 3. The molecule has 1 aromatic heterocycles. The molecule has 1 aromatic rings. The Balaban J connectivity index is 2.34. The van der Waals surface area contributed by atoms with Crippen molar-refractivity contribution in [2.75, 3.05) is 6.61 Å². The first-order valence-corrected chi connectivity index (χ1v) is 5.29. The Hall–Kier alpha value is -1.44. The number of rotatable bonds is 2. The summed E-state index contributed by atoms with van der Waals surface area (Å²) in [6, 6.07) is 0. The van der Waals surface area contributed by atoms with Crippen LogP contribution in [0.1, 0.15) is 18.2 Å². The lowest BCUT2D eigenvalue weighted by molar-refractivity contribution is -0.0459. The topological polar surface area (TPSA) is 105 Å². The van der Waals surface area contributed by atoms with Crippen molar-refractivity contribution in [3.8, 4) is 0 Å². The Labute approximate surface area is 96.3 Å². The molecule has 17 heavy (non-hydrogen) atoms. The number of aromatic nitrogens is 2. The molecule has 94 valence electrons. The van der Waals surface area contributed by atoms with Gasteiger partial charge in [0.1, 0.15) is 12.3 Å². The van der Waals surface area contributed by atoms with E-state index in [2.05, 4.69) is 4.98 Å². The van der Waals surface area contributed by atoms with Crippen molar-refractivity contribution in [2.45, 2.75) is 31.8 Å². The van der Waals surface area contributed by atoms with Gasteiger partial charge in [-0.05, 0) is 6.92 Å². The van der Waals surface area contributed by atoms with Gasteiger partial charge in [-0.2, -0.15) is 0 Å². The highest BCUT2D eigenvalue weighted by atomic mass is 16.5. The fourth-order valence-corrected chi connectivity index (χ4v) is 1.85. The average molecular weight is 241 g/mol. The molecule has 0 bridgehead atoms. The standard InChI is InChI=1S/C10H14N2O5/c1-5-3-12(10(16)11-9(5)15)8-2-6(14)7(4-13)17-8/h3,6-8,13-14H,2,4H2,1H3,(H,11,15,16)/t6-,7+,8+/m0/s1/i8-1. The largest absolute Gasteiger partial charge is 0.394 e. The first kappa shape index (κ1) is 12.0. The molecule has 0 aliphatic carbocycles. The zero-order valence-electron chi connectivity index (χ0n) is 9.29. The SMILES string of the molecule is Cc1cn([11C@H]2C[C@H](O)[C@@H](CO)O2)c(=O)[nH]c1=O. The summed E-state index contributed by atoms with van der Waals surface area (Å²) in [5.74, 6) is 0. The quantitative estimate of drug-likeness (QED) is 0.583. The van der Waals surface area contributed by atoms with Gasteiger partial charge in [0.2, 0.25) is 0 Å². The maximum absolute atomic E-state index is 11.6. The van der Waals surface area contributed by atoms with Crippen molar-refractivity contribution >= 4 is 0 Å². The highest BCUT2D eigenvalue weighted by Gasteiger charge is 2.34. The second-order valence-corrected chi connectivity index (χ2v) is 4.09. The van der Waals surface area contributed by atoms with Crippen molar-refractivity contribution in [2.24, 2.45) is 0 Å². The molecule has 3 N–H and O–H groups in total. The Morgan fingerprint density at radius 1 is 1.59 bits per heavy atom. The van der Waals surface area contributed by atoms with E-state index in [1.54, 1.807) is 6.92 Å². The average Bonchev–Trinajstić information content (AvgIpc) is 2.65. The van der Waals surface area contributed by atoms with Crippen LogP contribution >= 0.6 is 0 Å². The van der Waals surface area contributed by atoms with Crippen molar-refractivity contribution < 1.29 is 14.9 Å². The van der Waals surface area contributed by atoms with E-state index in [4.69, 9.17) is 9.84 Å². The maximum Gasteiger partial charge on any atom is 0.330 e. The van der Waals surface area contributed by atoms with Crippen LogP contribution in [0.3, 0.4) is 0 Å². The van der Waals surface area contributed by atoms with Gasteiger partial charge in [-0.1, -0.05) is 0 Å². The van der Waals surface area contributed by atoms with Gasteiger partial charge < -0.3 is 14.9 Å². The number of aromatic amines is 1. The molecule has 0 aromatic carbocycles. The first-order chi connectivity index (χ1) is 8.02. The van der Waals surface area contributed by atoms with Gasteiger partial charge in [0.15, 0.2) is 0 Å². The molecule has 7 heteroatoms. The van der Waals surface area contributed by atoms with Gasteiger partial charge in [-0.25, -0.2) is 4.79 Å². The van der Waals surface area contributed by atoms with Crippen molar-refractivity contribution in [3.05, 3.63) is 32.6 Å². The molecular weight excluding hydrogens is 227 g/mol. The summed E-state index contributed by atoms with van der Waals surface area (Å²) in [5, 5.41) is 18.5. The highest BCUT2D eigenvalue weighted by molar-refractivity contribution is 5.02. The molecule has 3 atom stereocenters. The van der Waals surface area contributed by atoms with Gasteiger partial charge in [-0.15, -0.1) is 0 Å². The Bertz CT molecular complexity index is 520. The summed E-state index contributed by atoms with van der Waals surface area (Å²) < 4.78 is 6.54. The first-order valence-electron chi connectivity index (χ1n) is 5.29. The van der Waals surface area contributed by atoms with Crippen LogP contribution in [0.15, 0.2) is 15.8 Å². The molecule has 2 heterocycles. The second kappa shape index (κ2) is 4.44. The zero-order valence-corrected chi connectivity index (χ0v) is 9.29. The lowest BCUT2D eigenvalue weighted by atomic mass is 9.89. The number of nitrogens with one attached hydrogen (secondary N) is 1.